The van der Waals surface area contributed by atoms with Crippen molar-refractivity contribution in [2.24, 2.45) is 5.92 Å². The predicted octanol–water partition coefficient (Wildman–Crippen LogP) is 1.29. The van der Waals surface area contributed by atoms with Gasteiger partial charge in [-0.05, 0) is 47.2 Å². The van der Waals surface area contributed by atoms with Crippen LogP contribution in [-0.2, 0) is 21.4 Å². The molecule has 2 aromatic rings. The van der Waals surface area contributed by atoms with E-state index in [0.29, 0.717) is 0 Å². The molecule has 0 bridgehead atoms. The van der Waals surface area contributed by atoms with Crippen molar-refractivity contribution in [1.29, 1.82) is 0 Å². The lowest BCUT2D eigenvalue weighted by Gasteiger charge is -2.17. The minimum atomic E-state index is -3.97. The highest BCUT2D eigenvalue weighted by Gasteiger charge is 2.35. The number of carbonyl (C=O) groups is 1. The van der Waals surface area contributed by atoms with Crippen LogP contribution in [0.4, 0.5) is 5.69 Å². The van der Waals surface area contributed by atoms with Crippen LogP contribution in [0.25, 0.3) is 10.8 Å². The fraction of sp³-hybridized carbons (Fsp3) is 0.353. The van der Waals surface area contributed by atoms with Gasteiger partial charge in [-0.2, -0.15) is 8.42 Å². The van der Waals surface area contributed by atoms with E-state index in [2.05, 4.69) is 0 Å². The van der Waals surface area contributed by atoms with E-state index in [1.165, 1.54) is 6.07 Å². The SMILES string of the molecule is CC(CO)CCc1ccc2cc(O)c(N3CC(=O)NS3(=O)=O)cc2c1. The third-order valence-corrected chi connectivity index (χ3v) is 5.72. The third kappa shape index (κ3) is 3.54. The van der Waals surface area contributed by atoms with Crippen molar-refractivity contribution in [3.8, 4) is 5.75 Å². The molecule has 0 radical (unpaired) electrons. The van der Waals surface area contributed by atoms with Gasteiger partial charge in [0.05, 0.1) is 5.69 Å². The van der Waals surface area contributed by atoms with Crippen LogP contribution < -0.4 is 9.03 Å². The number of amides is 1. The van der Waals surface area contributed by atoms with Crippen molar-refractivity contribution in [3.05, 3.63) is 35.9 Å². The summed E-state index contributed by atoms with van der Waals surface area (Å²) in [6, 6.07) is 8.80. The molecular weight excluding hydrogens is 344 g/mol. The van der Waals surface area contributed by atoms with Crippen LogP contribution in [0.2, 0.25) is 0 Å². The van der Waals surface area contributed by atoms with Crippen molar-refractivity contribution < 1.29 is 23.4 Å². The van der Waals surface area contributed by atoms with Gasteiger partial charge in [0.2, 0.25) is 0 Å². The number of benzene rings is 2. The average molecular weight is 364 g/mol. The molecule has 3 N–H and O–H groups in total. The second-order valence-corrected chi connectivity index (χ2v) is 7.98. The van der Waals surface area contributed by atoms with Crippen LogP contribution >= 0.6 is 0 Å². The molecule has 1 aliphatic heterocycles. The Kier molecular flexibility index (Phi) is 4.57. The van der Waals surface area contributed by atoms with E-state index in [4.69, 9.17) is 5.11 Å². The molecule has 1 atom stereocenters. The van der Waals surface area contributed by atoms with E-state index in [1.807, 2.05) is 29.8 Å². The van der Waals surface area contributed by atoms with Gasteiger partial charge in [-0.1, -0.05) is 25.1 Å². The highest BCUT2D eigenvalue weighted by atomic mass is 32.2. The van der Waals surface area contributed by atoms with Gasteiger partial charge in [-0.25, -0.2) is 9.03 Å². The molecular formula is C17H20N2O5S. The number of aryl methyl sites for hydroxylation is 1. The molecule has 3 rings (SSSR count). The van der Waals surface area contributed by atoms with Gasteiger partial charge in [0.25, 0.3) is 5.91 Å². The van der Waals surface area contributed by atoms with E-state index < -0.39 is 16.1 Å². The molecule has 1 heterocycles. The lowest BCUT2D eigenvalue weighted by molar-refractivity contribution is -0.117. The van der Waals surface area contributed by atoms with Gasteiger partial charge in [0.1, 0.15) is 12.3 Å². The Morgan fingerprint density at radius 1 is 1.24 bits per heavy atom. The number of carbonyl (C=O) groups excluding carboxylic acids is 1. The van der Waals surface area contributed by atoms with Crippen molar-refractivity contribution in [1.82, 2.24) is 4.72 Å². The maximum absolute atomic E-state index is 12.0. The van der Waals surface area contributed by atoms with Gasteiger partial charge in [0, 0.05) is 6.61 Å². The molecule has 1 aliphatic rings. The summed E-state index contributed by atoms with van der Waals surface area (Å²) in [5.74, 6) is -0.627. The zero-order chi connectivity index (χ0) is 18.2. The van der Waals surface area contributed by atoms with Crippen molar-refractivity contribution >= 4 is 32.6 Å². The monoisotopic (exact) mass is 364 g/mol. The fourth-order valence-corrected chi connectivity index (χ4v) is 4.00. The van der Waals surface area contributed by atoms with E-state index in [1.54, 1.807) is 6.07 Å². The molecule has 8 heteroatoms. The Morgan fingerprint density at radius 3 is 2.64 bits per heavy atom. The highest BCUT2D eigenvalue weighted by Crippen LogP contribution is 2.35. The van der Waals surface area contributed by atoms with Crippen molar-refractivity contribution in [2.75, 3.05) is 17.5 Å². The summed E-state index contributed by atoms with van der Waals surface area (Å²) in [4.78, 5) is 11.4. The summed E-state index contributed by atoms with van der Waals surface area (Å²) in [5, 5.41) is 20.9. The predicted molar refractivity (Wildman–Crippen MR) is 94.6 cm³/mol. The average Bonchev–Trinajstić information content (AvgIpc) is 2.84. The quantitative estimate of drug-likeness (QED) is 0.741. The molecule has 1 saturated heterocycles. The molecule has 7 nitrogen and oxygen atoms in total. The van der Waals surface area contributed by atoms with E-state index in [0.717, 1.165) is 33.5 Å². The minimum Gasteiger partial charge on any atom is -0.506 e. The zero-order valence-electron chi connectivity index (χ0n) is 13.8. The topological polar surface area (TPSA) is 107 Å². The lowest BCUT2D eigenvalue weighted by atomic mass is 9.99. The molecule has 0 saturated carbocycles. The van der Waals surface area contributed by atoms with Crippen LogP contribution in [0.15, 0.2) is 30.3 Å². The number of fused-ring (bicyclic) bond motifs is 1. The van der Waals surface area contributed by atoms with Crippen molar-refractivity contribution in [2.45, 2.75) is 19.8 Å². The number of nitrogens with one attached hydrogen (secondary N) is 1. The van der Waals surface area contributed by atoms with Gasteiger partial charge >= 0.3 is 10.2 Å². The number of hydrogen-bond acceptors (Lipinski definition) is 5. The van der Waals surface area contributed by atoms with Crippen molar-refractivity contribution in [3.63, 3.8) is 0 Å². The minimum absolute atomic E-state index is 0.0757. The van der Waals surface area contributed by atoms with E-state index >= 15 is 0 Å². The molecule has 2 aromatic carbocycles. The lowest BCUT2D eigenvalue weighted by Crippen LogP contribution is -2.29. The summed E-state index contributed by atoms with van der Waals surface area (Å²) in [6.07, 6.45) is 1.63. The van der Waals surface area contributed by atoms with E-state index in [-0.39, 0.29) is 30.5 Å². The van der Waals surface area contributed by atoms with Gasteiger partial charge in [0.15, 0.2) is 0 Å². The third-order valence-electron chi connectivity index (χ3n) is 4.32. The Bertz CT molecular complexity index is 926. The number of aliphatic hydroxyl groups excluding tert-OH is 1. The first-order valence-corrected chi connectivity index (χ1v) is 9.44. The van der Waals surface area contributed by atoms with Crippen LogP contribution in [0.3, 0.4) is 0 Å². The summed E-state index contributed by atoms with van der Waals surface area (Å²) in [7, 11) is -3.97. The highest BCUT2D eigenvalue weighted by molar-refractivity contribution is 7.92. The zero-order valence-corrected chi connectivity index (χ0v) is 14.6. The number of nitrogens with zero attached hydrogens (tertiary/aromatic N) is 1. The molecule has 0 aromatic heterocycles. The molecule has 1 amide bonds. The van der Waals surface area contributed by atoms with Crippen LogP contribution in [-0.4, -0.2) is 37.7 Å². The molecule has 134 valence electrons. The summed E-state index contributed by atoms with van der Waals surface area (Å²) < 4.78 is 26.8. The molecule has 0 spiro atoms. The number of hydrogen-bond donors (Lipinski definition) is 3. The Hall–Kier alpha value is -2.32. The molecule has 1 unspecified atom stereocenters. The number of phenols is 1. The Balaban J connectivity index is 1.97. The second kappa shape index (κ2) is 6.53. The van der Waals surface area contributed by atoms with Gasteiger partial charge in [-0.15, -0.1) is 0 Å². The summed E-state index contributed by atoms with van der Waals surface area (Å²) in [5.41, 5.74) is 1.13. The normalized spacial score (nSPS) is 17.7. The maximum Gasteiger partial charge on any atom is 0.326 e. The molecule has 25 heavy (non-hydrogen) atoms. The molecule has 0 aliphatic carbocycles. The number of aromatic hydroxyl groups is 1. The second-order valence-electron chi connectivity index (χ2n) is 6.39. The first-order valence-electron chi connectivity index (χ1n) is 8.00. The summed E-state index contributed by atoms with van der Waals surface area (Å²) in [6.45, 7) is 1.76. The first-order chi connectivity index (χ1) is 11.8. The number of anilines is 1. The van der Waals surface area contributed by atoms with Crippen LogP contribution in [0, 0.1) is 5.92 Å². The van der Waals surface area contributed by atoms with Crippen LogP contribution in [0.1, 0.15) is 18.9 Å². The van der Waals surface area contributed by atoms with Gasteiger partial charge < -0.3 is 10.2 Å². The number of rotatable bonds is 5. The van der Waals surface area contributed by atoms with Crippen LogP contribution in [0.5, 0.6) is 5.75 Å². The Morgan fingerprint density at radius 2 is 2.00 bits per heavy atom. The first kappa shape index (κ1) is 17.5. The van der Waals surface area contributed by atoms with E-state index in [9.17, 15) is 18.3 Å². The van der Waals surface area contributed by atoms with Gasteiger partial charge in [-0.3, -0.25) is 4.79 Å². The fourth-order valence-electron chi connectivity index (χ4n) is 2.84. The Labute approximate surface area is 146 Å². The summed E-state index contributed by atoms with van der Waals surface area (Å²) >= 11 is 0. The number of aliphatic hydroxyl groups is 1. The maximum atomic E-state index is 12.0. The standard InChI is InChI=1S/C17H20N2O5S/c1-11(10-20)2-3-12-4-5-13-8-16(21)15(7-14(13)6-12)19-9-17(22)18-25(19,23)24/h4-8,11,20-21H,2-3,9-10H2,1H3,(H,18,22). The molecule has 1 fully saturated rings. The number of phenolic OH excluding ortho intramolecular Hbond substituents is 1. The largest absolute Gasteiger partial charge is 0.506 e. The smallest absolute Gasteiger partial charge is 0.326 e.